The monoisotopic (exact) mass is 273 g/mol. The molecule has 1 aromatic rings. The zero-order valence-corrected chi connectivity index (χ0v) is 11.6. The SMILES string of the molecule is Cc1ccccc1NC(=O)COC(=O)[C@@H]1CC=CCC1. The van der Waals surface area contributed by atoms with E-state index in [2.05, 4.69) is 11.4 Å². The summed E-state index contributed by atoms with van der Waals surface area (Å²) in [7, 11) is 0. The first kappa shape index (κ1) is 14.3. The second-order valence-electron chi connectivity index (χ2n) is 4.95. The van der Waals surface area contributed by atoms with Gasteiger partial charge in [-0.15, -0.1) is 0 Å². The van der Waals surface area contributed by atoms with Crippen LogP contribution in [0.4, 0.5) is 5.69 Å². The first-order valence-electron chi connectivity index (χ1n) is 6.84. The molecule has 1 aliphatic carbocycles. The summed E-state index contributed by atoms with van der Waals surface area (Å²) in [6, 6.07) is 7.49. The van der Waals surface area contributed by atoms with E-state index in [9.17, 15) is 9.59 Å². The van der Waals surface area contributed by atoms with Gasteiger partial charge in [0.15, 0.2) is 6.61 Å². The molecule has 0 spiro atoms. The molecule has 0 heterocycles. The Hall–Kier alpha value is -2.10. The van der Waals surface area contributed by atoms with Gasteiger partial charge in [-0.25, -0.2) is 0 Å². The van der Waals surface area contributed by atoms with Crippen LogP contribution in [0.3, 0.4) is 0 Å². The van der Waals surface area contributed by atoms with Gasteiger partial charge in [0, 0.05) is 5.69 Å². The fourth-order valence-corrected chi connectivity index (χ4v) is 2.16. The Labute approximate surface area is 118 Å². The molecule has 1 atom stereocenters. The number of ether oxygens (including phenoxy) is 1. The second-order valence-corrected chi connectivity index (χ2v) is 4.95. The van der Waals surface area contributed by atoms with Crippen LogP contribution in [0.1, 0.15) is 24.8 Å². The maximum absolute atomic E-state index is 11.8. The Bertz CT molecular complexity index is 522. The van der Waals surface area contributed by atoms with Crippen LogP contribution in [-0.2, 0) is 14.3 Å². The van der Waals surface area contributed by atoms with E-state index in [4.69, 9.17) is 4.74 Å². The summed E-state index contributed by atoms with van der Waals surface area (Å²) < 4.78 is 5.07. The first-order valence-corrected chi connectivity index (χ1v) is 6.84. The standard InChI is InChI=1S/C16H19NO3/c1-12-7-5-6-10-14(12)17-15(18)11-20-16(19)13-8-3-2-4-9-13/h2-3,5-7,10,13H,4,8-9,11H2,1H3,(H,17,18)/t13-/m1/s1. The smallest absolute Gasteiger partial charge is 0.309 e. The van der Waals surface area contributed by atoms with Gasteiger partial charge in [-0.2, -0.15) is 0 Å². The van der Waals surface area contributed by atoms with Crippen molar-refractivity contribution in [2.75, 3.05) is 11.9 Å². The van der Waals surface area contributed by atoms with Crippen molar-refractivity contribution in [2.45, 2.75) is 26.2 Å². The minimum Gasteiger partial charge on any atom is -0.455 e. The van der Waals surface area contributed by atoms with Gasteiger partial charge >= 0.3 is 5.97 Å². The van der Waals surface area contributed by atoms with Gasteiger partial charge in [-0.05, 0) is 37.8 Å². The maximum Gasteiger partial charge on any atom is 0.309 e. The van der Waals surface area contributed by atoms with E-state index in [1.54, 1.807) is 0 Å². The average molecular weight is 273 g/mol. The second kappa shape index (κ2) is 6.89. The number of esters is 1. The van der Waals surface area contributed by atoms with Crippen LogP contribution < -0.4 is 5.32 Å². The van der Waals surface area contributed by atoms with Crippen LogP contribution in [0.15, 0.2) is 36.4 Å². The van der Waals surface area contributed by atoms with Gasteiger partial charge in [-0.3, -0.25) is 9.59 Å². The number of anilines is 1. The minimum atomic E-state index is -0.306. The molecule has 0 radical (unpaired) electrons. The fraction of sp³-hybridized carbons (Fsp3) is 0.375. The molecule has 0 bridgehead atoms. The lowest BCUT2D eigenvalue weighted by Crippen LogP contribution is -2.25. The summed E-state index contributed by atoms with van der Waals surface area (Å²) in [4.78, 5) is 23.5. The molecule has 0 aromatic heterocycles. The molecular formula is C16H19NO3. The van der Waals surface area contributed by atoms with E-state index >= 15 is 0 Å². The van der Waals surface area contributed by atoms with Crippen LogP contribution >= 0.6 is 0 Å². The number of allylic oxidation sites excluding steroid dienone is 2. The number of carbonyl (C=O) groups is 2. The summed E-state index contributed by atoms with van der Waals surface area (Å²) in [5.41, 5.74) is 1.72. The van der Waals surface area contributed by atoms with Gasteiger partial charge in [0.05, 0.1) is 5.92 Å². The third-order valence-corrected chi connectivity index (χ3v) is 3.37. The number of amides is 1. The Kier molecular flexibility index (Phi) is 4.93. The maximum atomic E-state index is 11.8. The molecule has 1 aromatic carbocycles. The molecule has 4 nitrogen and oxygen atoms in total. The molecule has 1 N–H and O–H groups in total. The number of para-hydroxylation sites is 1. The van der Waals surface area contributed by atoms with Crippen LogP contribution in [-0.4, -0.2) is 18.5 Å². The third kappa shape index (κ3) is 3.95. The molecule has 0 fully saturated rings. The van der Waals surface area contributed by atoms with Crippen LogP contribution in [0.2, 0.25) is 0 Å². The normalized spacial score (nSPS) is 17.6. The van der Waals surface area contributed by atoms with Crippen molar-refractivity contribution in [3.8, 4) is 0 Å². The van der Waals surface area contributed by atoms with Crippen molar-refractivity contribution in [3.05, 3.63) is 42.0 Å². The molecule has 0 saturated carbocycles. The van der Waals surface area contributed by atoms with Crippen molar-refractivity contribution in [1.29, 1.82) is 0 Å². The molecule has 0 aliphatic heterocycles. The Balaban J connectivity index is 1.79. The van der Waals surface area contributed by atoms with Crippen molar-refractivity contribution in [2.24, 2.45) is 5.92 Å². The van der Waals surface area contributed by atoms with E-state index < -0.39 is 0 Å². The lowest BCUT2D eigenvalue weighted by atomic mass is 9.95. The van der Waals surface area contributed by atoms with Gasteiger partial charge in [0.1, 0.15) is 0 Å². The minimum absolute atomic E-state index is 0.105. The summed E-state index contributed by atoms with van der Waals surface area (Å²) in [6.45, 7) is 1.68. The summed E-state index contributed by atoms with van der Waals surface area (Å²) >= 11 is 0. The van der Waals surface area contributed by atoms with Gasteiger partial charge in [-0.1, -0.05) is 30.4 Å². The fourth-order valence-electron chi connectivity index (χ4n) is 2.16. The van der Waals surface area contributed by atoms with Crippen molar-refractivity contribution in [3.63, 3.8) is 0 Å². The number of hydrogen-bond acceptors (Lipinski definition) is 3. The van der Waals surface area contributed by atoms with Gasteiger partial charge in [0.25, 0.3) is 5.91 Å². The summed E-state index contributed by atoms with van der Waals surface area (Å²) in [6.07, 6.45) is 6.46. The van der Waals surface area contributed by atoms with Crippen LogP contribution in [0.25, 0.3) is 0 Å². The number of benzene rings is 1. The van der Waals surface area contributed by atoms with Crippen molar-refractivity contribution in [1.82, 2.24) is 0 Å². The number of hydrogen-bond donors (Lipinski definition) is 1. The van der Waals surface area contributed by atoms with Crippen molar-refractivity contribution < 1.29 is 14.3 Å². The number of rotatable bonds is 4. The molecule has 0 saturated heterocycles. The Morgan fingerprint density at radius 3 is 2.80 bits per heavy atom. The Morgan fingerprint density at radius 2 is 2.10 bits per heavy atom. The zero-order chi connectivity index (χ0) is 14.4. The highest BCUT2D eigenvalue weighted by atomic mass is 16.5. The molecular weight excluding hydrogens is 254 g/mol. The summed E-state index contributed by atoms with van der Waals surface area (Å²) in [5.74, 6) is -0.695. The van der Waals surface area contributed by atoms with E-state index in [-0.39, 0.29) is 24.4 Å². The van der Waals surface area contributed by atoms with E-state index in [0.29, 0.717) is 6.42 Å². The topological polar surface area (TPSA) is 55.4 Å². The lowest BCUT2D eigenvalue weighted by Gasteiger charge is -2.16. The van der Waals surface area contributed by atoms with Gasteiger partial charge in [0.2, 0.25) is 0 Å². The largest absolute Gasteiger partial charge is 0.455 e. The van der Waals surface area contributed by atoms with E-state index in [1.165, 1.54) is 0 Å². The molecule has 2 rings (SSSR count). The molecule has 20 heavy (non-hydrogen) atoms. The number of nitrogens with one attached hydrogen (secondary N) is 1. The highest BCUT2D eigenvalue weighted by molar-refractivity contribution is 5.93. The molecule has 106 valence electrons. The van der Waals surface area contributed by atoms with E-state index in [0.717, 1.165) is 24.1 Å². The van der Waals surface area contributed by atoms with Crippen molar-refractivity contribution >= 4 is 17.6 Å². The summed E-state index contributed by atoms with van der Waals surface area (Å²) in [5, 5.41) is 2.74. The molecule has 4 heteroatoms. The quantitative estimate of drug-likeness (QED) is 0.678. The highest BCUT2D eigenvalue weighted by Gasteiger charge is 2.20. The predicted molar refractivity (Wildman–Crippen MR) is 77.2 cm³/mol. The average Bonchev–Trinajstić information content (AvgIpc) is 2.48. The Morgan fingerprint density at radius 1 is 1.30 bits per heavy atom. The molecule has 1 aliphatic rings. The van der Waals surface area contributed by atoms with E-state index in [1.807, 2.05) is 37.3 Å². The highest BCUT2D eigenvalue weighted by Crippen LogP contribution is 2.19. The zero-order valence-electron chi connectivity index (χ0n) is 11.6. The predicted octanol–water partition coefficient (Wildman–Crippen LogP) is 2.83. The molecule has 1 amide bonds. The third-order valence-electron chi connectivity index (χ3n) is 3.37. The number of aryl methyl sites for hydroxylation is 1. The number of carbonyl (C=O) groups excluding carboxylic acids is 2. The van der Waals surface area contributed by atoms with Crippen LogP contribution in [0.5, 0.6) is 0 Å². The molecule has 0 unspecified atom stereocenters. The van der Waals surface area contributed by atoms with Gasteiger partial charge < -0.3 is 10.1 Å². The lowest BCUT2D eigenvalue weighted by molar-refractivity contribution is -0.151. The van der Waals surface area contributed by atoms with Crippen LogP contribution in [0, 0.1) is 12.8 Å². The first-order chi connectivity index (χ1) is 9.66.